The highest BCUT2D eigenvalue weighted by molar-refractivity contribution is 6.76. The lowest BCUT2D eigenvalue weighted by Gasteiger charge is -2.29. The summed E-state index contributed by atoms with van der Waals surface area (Å²) < 4.78 is 19.2. The number of carbonyl (C=O) groups excluding carboxylic acids is 1. The SMILES string of the molecule is COC(=O)C1CCC(c2cc(N(COCC[Si](C)(C)C)COCC[Si](C)(C)C)n3nccc3n2)CC1. The third-order valence-electron chi connectivity index (χ3n) is 6.85. The van der Waals surface area contributed by atoms with E-state index >= 15 is 0 Å². The molecule has 0 atom stereocenters. The Morgan fingerprint density at radius 3 is 2.11 bits per heavy atom. The molecular weight excluding hydrogens is 488 g/mol. The van der Waals surface area contributed by atoms with Crippen LogP contribution in [0.2, 0.25) is 51.4 Å². The van der Waals surface area contributed by atoms with E-state index < -0.39 is 16.1 Å². The number of ether oxygens (including phenoxy) is 3. The zero-order valence-electron chi connectivity index (χ0n) is 23.4. The van der Waals surface area contributed by atoms with Crippen molar-refractivity contribution in [2.75, 3.05) is 38.7 Å². The van der Waals surface area contributed by atoms with E-state index in [9.17, 15) is 4.79 Å². The van der Waals surface area contributed by atoms with Gasteiger partial charge in [-0.15, -0.1) is 0 Å². The molecule has 0 unspecified atom stereocenters. The third-order valence-corrected chi connectivity index (χ3v) is 10.3. The van der Waals surface area contributed by atoms with Crippen LogP contribution in [-0.4, -0.2) is 70.5 Å². The number of aromatic nitrogens is 3. The Morgan fingerprint density at radius 1 is 1.00 bits per heavy atom. The molecule has 2 aromatic rings. The van der Waals surface area contributed by atoms with Gasteiger partial charge in [-0.3, -0.25) is 4.79 Å². The minimum absolute atomic E-state index is 0.000417. The summed E-state index contributed by atoms with van der Waals surface area (Å²) in [4.78, 5) is 19.1. The number of anilines is 1. The van der Waals surface area contributed by atoms with Crippen molar-refractivity contribution in [2.24, 2.45) is 5.92 Å². The number of fused-ring (bicyclic) bond motifs is 1. The lowest BCUT2D eigenvalue weighted by molar-refractivity contribution is -0.146. The highest BCUT2D eigenvalue weighted by Gasteiger charge is 2.29. The van der Waals surface area contributed by atoms with Crippen molar-refractivity contribution in [1.82, 2.24) is 14.6 Å². The third kappa shape index (κ3) is 8.67. The van der Waals surface area contributed by atoms with E-state index in [-0.39, 0.29) is 11.9 Å². The number of methoxy groups -OCH3 is 1. The number of carbonyl (C=O) groups is 1. The van der Waals surface area contributed by atoms with Gasteiger partial charge in [0.05, 0.1) is 19.2 Å². The van der Waals surface area contributed by atoms with Crippen LogP contribution in [0.15, 0.2) is 18.3 Å². The van der Waals surface area contributed by atoms with Crippen LogP contribution in [0.3, 0.4) is 0 Å². The molecule has 3 rings (SSSR count). The Kier molecular flexibility index (Phi) is 10.1. The van der Waals surface area contributed by atoms with E-state index in [2.05, 4.69) is 55.3 Å². The van der Waals surface area contributed by atoms with Crippen molar-refractivity contribution in [3.63, 3.8) is 0 Å². The molecule has 0 N–H and O–H groups in total. The number of nitrogens with zero attached hydrogens (tertiary/aromatic N) is 4. The largest absolute Gasteiger partial charge is 0.469 e. The maximum absolute atomic E-state index is 12.0. The fourth-order valence-electron chi connectivity index (χ4n) is 4.42. The van der Waals surface area contributed by atoms with Crippen molar-refractivity contribution in [1.29, 1.82) is 0 Å². The number of rotatable bonds is 13. The normalized spacial score (nSPS) is 19.0. The van der Waals surface area contributed by atoms with Crippen LogP contribution in [0.5, 0.6) is 0 Å². The van der Waals surface area contributed by atoms with Crippen LogP contribution in [-0.2, 0) is 19.0 Å². The molecule has 0 amide bonds. The molecule has 0 radical (unpaired) electrons. The minimum Gasteiger partial charge on any atom is -0.469 e. The van der Waals surface area contributed by atoms with Crippen molar-refractivity contribution < 1.29 is 19.0 Å². The van der Waals surface area contributed by atoms with Crippen molar-refractivity contribution >= 4 is 33.6 Å². The quantitative estimate of drug-likeness (QED) is 0.143. The van der Waals surface area contributed by atoms with Gasteiger partial charge in [-0.05, 0) is 37.8 Å². The van der Waals surface area contributed by atoms with Gasteiger partial charge in [-0.2, -0.15) is 9.61 Å². The van der Waals surface area contributed by atoms with Crippen LogP contribution in [0, 0.1) is 5.92 Å². The van der Waals surface area contributed by atoms with Gasteiger partial charge in [-0.25, -0.2) is 4.98 Å². The lowest BCUT2D eigenvalue weighted by Crippen LogP contribution is -2.33. The first-order chi connectivity index (χ1) is 17.0. The highest BCUT2D eigenvalue weighted by Crippen LogP contribution is 2.36. The standard InChI is InChI=1S/C26H46N4O4Si2/c1-32-26(31)22-10-8-21(9-11-22)23-18-25(30-24(28-23)12-13-27-30)29(19-33-14-16-35(2,3)4)20-34-15-17-36(5,6)7/h12-13,18,21-22H,8-11,14-17,19-20H2,1-7H3. The van der Waals surface area contributed by atoms with Crippen LogP contribution in [0.4, 0.5) is 5.82 Å². The molecule has 36 heavy (non-hydrogen) atoms. The van der Waals surface area contributed by atoms with Gasteiger partial charge in [0.2, 0.25) is 0 Å². The summed E-state index contributed by atoms with van der Waals surface area (Å²) >= 11 is 0. The molecular formula is C26H46N4O4Si2. The summed E-state index contributed by atoms with van der Waals surface area (Å²) in [5, 5.41) is 4.56. The van der Waals surface area contributed by atoms with Gasteiger partial charge < -0.3 is 19.1 Å². The average molecular weight is 535 g/mol. The van der Waals surface area contributed by atoms with Gasteiger partial charge >= 0.3 is 5.97 Å². The summed E-state index contributed by atoms with van der Waals surface area (Å²) in [6, 6.07) is 6.34. The molecule has 10 heteroatoms. The van der Waals surface area contributed by atoms with E-state index in [4.69, 9.17) is 19.2 Å². The summed E-state index contributed by atoms with van der Waals surface area (Å²) in [5.74, 6) is 1.16. The predicted molar refractivity (Wildman–Crippen MR) is 150 cm³/mol. The Balaban J connectivity index is 1.78. The zero-order valence-corrected chi connectivity index (χ0v) is 25.4. The Morgan fingerprint density at radius 2 is 1.58 bits per heavy atom. The summed E-state index contributed by atoms with van der Waals surface area (Å²) in [6.45, 7) is 16.6. The second-order valence-corrected chi connectivity index (χ2v) is 23.7. The van der Waals surface area contributed by atoms with E-state index in [0.717, 1.165) is 68.1 Å². The first kappa shape index (κ1) is 28.8. The lowest BCUT2D eigenvalue weighted by atomic mass is 9.80. The summed E-state index contributed by atoms with van der Waals surface area (Å²) in [6.07, 6.45) is 5.32. The maximum Gasteiger partial charge on any atom is 0.308 e. The van der Waals surface area contributed by atoms with Crippen LogP contribution < -0.4 is 4.90 Å². The molecule has 2 heterocycles. The first-order valence-electron chi connectivity index (χ1n) is 13.3. The van der Waals surface area contributed by atoms with Gasteiger partial charge in [-0.1, -0.05) is 39.3 Å². The van der Waals surface area contributed by atoms with Crippen LogP contribution in [0.1, 0.15) is 37.3 Å². The monoisotopic (exact) mass is 534 g/mol. The zero-order chi connectivity index (χ0) is 26.3. The maximum atomic E-state index is 12.0. The van der Waals surface area contributed by atoms with Crippen LogP contribution in [0.25, 0.3) is 5.65 Å². The van der Waals surface area contributed by atoms with Gasteiger partial charge in [0.25, 0.3) is 0 Å². The first-order valence-corrected chi connectivity index (χ1v) is 20.7. The van der Waals surface area contributed by atoms with Crippen molar-refractivity contribution in [3.05, 3.63) is 24.0 Å². The fraction of sp³-hybridized carbons (Fsp3) is 0.731. The Bertz CT molecular complexity index is 956. The molecule has 1 fully saturated rings. The van der Waals surface area contributed by atoms with Gasteiger partial charge in [0.1, 0.15) is 19.3 Å². The fourth-order valence-corrected chi connectivity index (χ4v) is 5.93. The molecule has 0 aliphatic heterocycles. The molecule has 1 saturated carbocycles. The second-order valence-electron chi connectivity index (χ2n) is 12.4. The van der Waals surface area contributed by atoms with E-state index in [0.29, 0.717) is 19.4 Å². The molecule has 1 aliphatic rings. The smallest absolute Gasteiger partial charge is 0.308 e. The molecule has 2 aromatic heterocycles. The van der Waals surface area contributed by atoms with Gasteiger partial charge in [0, 0.05) is 53.1 Å². The summed E-state index contributed by atoms with van der Waals surface area (Å²) in [5.41, 5.74) is 1.88. The van der Waals surface area contributed by atoms with Crippen LogP contribution >= 0.6 is 0 Å². The highest BCUT2D eigenvalue weighted by atomic mass is 28.3. The van der Waals surface area contributed by atoms with Crippen molar-refractivity contribution in [3.8, 4) is 0 Å². The predicted octanol–water partition coefficient (Wildman–Crippen LogP) is 5.61. The molecule has 0 aromatic carbocycles. The number of hydrogen-bond acceptors (Lipinski definition) is 7. The Hall–Kier alpha value is -1.76. The number of esters is 1. The van der Waals surface area contributed by atoms with Crippen molar-refractivity contribution in [2.45, 2.75) is 83.0 Å². The molecule has 1 aliphatic carbocycles. The molecule has 0 spiro atoms. The molecule has 0 saturated heterocycles. The summed E-state index contributed by atoms with van der Waals surface area (Å²) in [7, 11) is -0.871. The average Bonchev–Trinajstić information content (AvgIpc) is 3.29. The number of hydrogen-bond donors (Lipinski definition) is 0. The second kappa shape index (κ2) is 12.7. The molecule has 8 nitrogen and oxygen atoms in total. The molecule has 202 valence electrons. The van der Waals surface area contributed by atoms with E-state index in [1.165, 1.54) is 7.11 Å². The Labute approximate surface area is 218 Å². The van der Waals surface area contributed by atoms with Gasteiger partial charge in [0.15, 0.2) is 5.65 Å². The minimum atomic E-state index is -1.17. The van der Waals surface area contributed by atoms with E-state index in [1.807, 2.05) is 10.6 Å². The topological polar surface area (TPSA) is 78.2 Å². The van der Waals surface area contributed by atoms with E-state index in [1.54, 1.807) is 6.20 Å². The molecule has 0 bridgehead atoms.